The quantitative estimate of drug-likeness (QED) is 0.648. The maximum absolute atomic E-state index is 12.7. The van der Waals surface area contributed by atoms with Crippen molar-refractivity contribution in [1.82, 2.24) is 9.55 Å². The van der Waals surface area contributed by atoms with Gasteiger partial charge in [0, 0.05) is 25.3 Å². The summed E-state index contributed by atoms with van der Waals surface area (Å²) in [5, 5.41) is 9.36. The molecule has 0 radical (unpaired) electrons. The van der Waals surface area contributed by atoms with Crippen LogP contribution in [0.1, 0.15) is 48.4 Å². The third-order valence-electron chi connectivity index (χ3n) is 6.17. The molecule has 146 valence electrons. The molecule has 2 aromatic heterocycles. The fourth-order valence-electron chi connectivity index (χ4n) is 4.12. The predicted molar refractivity (Wildman–Crippen MR) is 115 cm³/mol. The molecule has 2 saturated carbocycles. The minimum atomic E-state index is -0.0629. The van der Waals surface area contributed by atoms with Crippen molar-refractivity contribution in [2.75, 3.05) is 11.4 Å². The lowest BCUT2D eigenvalue weighted by molar-refractivity contribution is 0.808. The first-order chi connectivity index (χ1) is 14.0. The van der Waals surface area contributed by atoms with Gasteiger partial charge in [0.1, 0.15) is 17.3 Å². The Balaban J connectivity index is 1.71. The Morgan fingerprint density at radius 2 is 1.93 bits per heavy atom. The predicted octanol–water partition coefficient (Wildman–Crippen LogP) is 4.54. The van der Waals surface area contributed by atoms with Gasteiger partial charge in [0.25, 0.3) is 5.56 Å². The zero-order valence-corrected chi connectivity index (χ0v) is 16.9. The summed E-state index contributed by atoms with van der Waals surface area (Å²) in [5.74, 6) is 1.35. The van der Waals surface area contributed by atoms with Crippen molar-refractivity contribution in [2.45, 2.75) is 38.5 Å². The van der Waals surface area contributed by atoms with Crippen molar-refractivity contribution >= 4 is 22.4 Å². The van der Waals surface area contributed by atoms with E-state index in [1.54, 1.807) is 23.7 Å². The van der Waals surface area contributed by atoms with Crippen LogP contribution in [0.15, 0.2) is 41.2 Å². The maximum atomic E-state index is 12.7. The molecule has 5 rings (SSSR count). The van der Waals surface area contributed by atoms with E-state index in [9.17, 15) is 10.1 Å². The number of hydrogen-bond donors (Lipinski definition) is 0. The molecule has 29 heavy (non-hydrogen) atoms. The Morgan fingerprint density at radius 3 is 2.59 bits per heavy atom. The van der Waals surface area contributed by atoms with Crippen LogP contribution in [0.3, 0.4) is 0 Å². The molecule has 1 aromatic carbocycles. The van der Waals surface area contributed by atoms with Crippen LogP contribution in [0.25, 0.3) is 11.0 Å². The second-order valence-electron chi connectivity index (χ2n) is 8.48. The van der Waals surface area contributed by atoms with Gasteiger partial charge in [-0.1, -0.05) is 12.1 Å². The standard InChI is InChI=1S/C24H24N4O/c1-15-11-18(17-5-6-17)7-9-20(15)28(14-16-3-4-16)22-12-23(29)27(2)21-10-8-19(13-25)26-24(21)22/h7-12,16-17H,3-6,14H2,1-2H3. The van der Waals surface area contributed by atoms with E-state index in [1.165, 1.54) is 36.8 Å². The van der Waals surface area contributed by atoms with E-state index >= 15 is 0 Å². The zero-order chi connectivity index (χ0) is 20.1. The summed E-state index contributed by atoms with van der Waals surface area (Å²) in [7, 11) is 1.75. The number of benzene rings is 1. The van der Waals surface area contributed by atoms with E-state index < -0.39 is 0 Å². The number of fused-ring (bicyclic) bond motifs is 1. The van der Waals surface area contributed by atoms with Gasteiger partial charge < -0.3 is 9.47 Å². The van der Waals surface area contributed by atoms with Gasteiger partial charge >= 0.3 is 0 Å². The molecule has 5 nitrogen and oxygen atoms in total. The van der Waals surface area contributed by atoms with Crippen molar-refractivity contribution in [2.24, 2.45) is 13.0 Å². The lowest BCUT2D eigenvalue weighted by atomic mass is 10.0. The fraction of sp³-hybridized carbons (Fsp3) is 0.375. The zero-order valence-electron chi connectivity index (χ0n) is 16.9. The largest absolute Gasteiger partial charge is 0.339 e. The van der Waals surface area contributed by atoms with Crippen LogP contribution in [0.2, 0.25) is 0 Å². The van der Waals surface area contributed by atoms with Crippen molar-refractivity contribution < 1.29 is 0 Å². The number of hydrogen-bond acceptors (Lipinski definition) is 4. The van der Waals surface area contributed by atoms with Gasteiger partial charge in [-0.25, -0.2) is 4.98 Å². The van der Waals surface area contributed by atoms with Gasteiger partial charge in [-0.05, 0) is 73.8 Å². The average molecular weight is 384 g/mol. The molecular weight excluding hydrogens is 360 g/mol. The van der Waals surface area contributed by atoms with Crippen molar-refractivity contribution in [3.8, 4) is 6.07 Å². The highest BCUT2D eigenvalue weighted by Gasteiger charge is 2.29. The monoisotopic (exact) mass is 384 g/mol. The van der Waals surface area contributed by atoms with Gasteiger partial charge in [-0.2, -0.15) is 5.26 Å². The molecule has 0 atom stereocenters. The Hall–Kier alpha value is -3.13. The lowest BCUT2D eigenvalue weighted by Crippen LogP contribution is -2.25. The number of aryl methyl sites for hydroxylation is 2. The molecule has 2 fully saturated rings. The first kappa shape index (κ1) is 17.9. The molecule has 2 aliphatic rings. The van der Waals surface area contributed by atoms with Gasteiger partial charge in [0.2, 0.25) is 0 Å². The molecule has 2 aliphatic carbocycles. The highest BCUT2D eigenvalue weighted by molar-refractivity contribution is 5.91. The van der Waals surface area contributed by atoms with E-state index in [1.807, 2.05) is 6.07 Å². The molecular formula is C24H24N4O. The van der Waals surface area contributed by atoms with Crippen LogP contribution in [0.5, 0.6) is 0 Å². The van der Waals surface area contributed by atoms with Gasteiger partial charge in [-0.3, -0.25) is 4.79 Å². The molecule has 0 amide bonds. The van der Waals surface area contributed by atoms with Crippen molar-refractivity contribution in [1.29, 1.82) is 5.26 Å². The van der Waals surface area contributed by atoms with Crippen LogP contribution in [0.4, 0.5) is 11.4 Å². The van der Waals surface area contributed by atoms with E-state index in [-0.39, 0.29) is 5.56 Å². The molecule has 0 bridgehead atoms. The highest BCUT2D eigenvalue weighted by atomic mass is 16.1. The van der Waals surface area contributed by atoms with Gasteiger partial charge in [0.15, 0.2) is 0 Å². The molecule has 0 N–H and O–H groups in total. The van der Waals surface area contributed by atoms with Gasteiger partial charge in [-0.15, -0.1) is 0 Å². The molecule has 2 heterocycles. The minimum absolute atomic E-state index is 0.0629. The Labute approximate surface area is 170 Å². The summed E-state index contributed by atoms with van der Waals surface area (Å²) >= 11 is 0. The normalized spacial score (nSPS) is 16.0. The highest BCUT2D eigenvalue weighted by Crippen LogP contribution is 2.43. The van der Waals surface area contributed by atoms with Crippen LogP contribution >= 0.6 is 0 Å². The van der Waals surface area contributed by atoms with E-state index in [4.69, 9.17) is 0 Å². The topological polar surface area (TPSA) is 61.9 Å². The Morgan fingerprint density at radius 1 is 1.14 bits per heavy atom. The van der Waals surface area contributed by atoms with E-state index in [0.717, 1.165) is 23.4 Å². The molecule has 0 spiro atoms. The lowest BCUT2D eigenvalue weighted by Gasteiger charge is -2.28. The van der Waals surface area contributed by atoms with Crippen LogP contribution in [-0.4, -0.2) is 16.1 Å². The van der Waals surface area contributed by atoms with Crippen molar-refractivity contribution in [3.05, 3.63) is 63.6 Å². The first-order valence-corrected chi connectivity index (χ1v) is 10.3. The number of pyridine rings is 2. The van der Waals surface area contributed by atoms with Crippen molar-refractivity contribution in [3.63, 3.8) is 0 Å². The van der Waals surface area contributed by atoms with E-state index in [0.29, 0.717) is 23.0 Å². The summed E-state index contributed by atoms with van der Waals surface area (Å²) in [6.07, 6.45) is 5.00. The molecule has 0 aliphatic heterocycles. The minimum Gasteiger partial charge on any atom is -0.339 e. The third-order valence-corrected chi connectivity index (χ3v) is 6.17. The van der Waals surface area contributed by atoms with Gasteiger partial charge in [0.05, 0.1) is 11.2 Å². The molecule has 3 aromatic rings. The first-order valence-electron chi connectivity index (χ1n) is 10.3. The summed E-state index contributed by atoms with van der Waals surface area (Å²) in [5.41, 5.74) is 6.32. The third kappa shape index (κ3) is 3.29. The number of rotatable bonds is 5. The molecule has 0 unspecified atom stereocenters. The number of anilines is 2. The second-order valence-corrected chi connectivity index (χ2v) is 8.48. The molecule has 5 heteroatoms. The maximum Gasteiger partial charge on any atom is 0.252 e. The fourth-order valence-corrected chi connectivity index (χ4v) is 4.12. The average Bonchev–Trinajstić information content (AvgIpc) is 3.62. The number of nitrogens with zero attached hydrogens (tertiary/aromatic N) is 4. The van der Waals surface area contributed by atoms with E-state index in [2.05, 4.69) is 41.1 Å². The van der Waals surface area contributed by atoms with Crippen LogP contribution < -0.4 is 10.5 Å². The van der Waals surface area contributed by atoms with Crippen LogP contribution in [0, 0.1) is 24.2 Å². The SMILES string of the molecule is Cc1cc(C2CC2)ccc1N(CC1CC1)c1cc(=O)n(C)c2ccc(C#N)nc12. The Kier molecular flexibility index (Phi) is 4.16. The van der Waals surface area contributed by atoms with Crippen LogP contribution in [-0.2, 0) is 7.05 Å². The summed E-state index contributed by atoms with van der Waals surface area (Å²) < 4.78 is 1.60. The number of nitriles is 1. The molecule has 0 saturated heterocycles. The summed E-state index contributed by atoms with van der Waals surface area (Å²) in [4.78, 5) is 19.6. The Bertz CT molecular complexity index is 1210. The summed E-state index contributed by atoms with van der Waals surface area (Å²) in [6.45, 7) is 3.02. The number of aromatic nitrogens is 2. The second kappa shape index (κ2) is 6.73. The summed E-state index contributed by atoms with van der Waals surface area (Å²) in [6, 6.07) is 14.0. The smallest absolute Gasteiger partial charge is 0.252 e.